The van der Waals surface area contributed by atoms with Crippen molar-refractivity contribution in [3.63, 3.8) is 0 Å². The Morgan fingerprint density at radius 3 is 2.44 bits per heavy atom. The van der Waals surface area contributed by atoms with Gasteiger partial charge in [0.25, 0.3) is 0 Å². The second-order valence-corrected chi connectivity index (χ2v) is 6.42. The molecule has 0 fully saturated rings. The van der Waals surface area contributed by atoms with Crippen molar-refractivity contribution in [2.75, 3.05) is 13.1 Å². The highest BCUT2D eigenvalue weighted by Crippen LogP contribution is 2.29. The third kappa shape index (κ3) is 4.67. The van der Waals surface area contributed by atoms with Gasteiger partial charge in [-0.05, 0) is 49.9 Å². The number of hydrogen-bond donors (Lipinski definition) is 1. The number of nitrogens with one attached hydrogen (secondary N) is 1. The molecule has 1 N–H and O–H groups in total. The predicted octanol–water partition coefficient (Wildman–Crippen LogP) is 3.88. The molecule has 2 heteroatoms. The zero-order valence-electron chi connectivity index (χ0n) is 11.1. The van der Waals surface area contributed by atoms with Crippen molar-refractivity contribution in [3.05, 3.63) is 21.9 Å². The zero-order chi connectivity index (χ0) is 12.0. The standard InChI is InChI=1S/C14H25NS/c1-5-12-7-8-13(16-12)11-14(3,4)9-10-15-6-2/h7-8,15H,5-6,9-11H2,1-4H3. The average Bonchev–Trinajstić information content (AvgIpc) is 2.65. The zero-order valence-corrected chi connectivity index (χ0v) is 11.9. The number of aryl methyl sites for hydroxylation is 1. The molecule has 0 bridgehead atoms. The second kappa shape index (κ2) is 6.41. The van der Waals surface area contributed by atoms with Gasteiger partial charge in [-0.25, -0.2) is 0 Å². The van der Waals surface area contributed by atoms with E-state index in [1.165, 1.54) is 24.1 Å². The quantitative estimate of drug-likeness (QED) is 0.712. The lowest BCUT2D eigenvalue weighted by Crippen LogP contribution is -2.23. The summed E-state index contributed by atoms with van der Waals surface area (Å²) in [5.74, 6) is 0. The summed E-state index contributed by atoms with van der Waals surface area (Å²) in [6.45, 7) is 11.3. The van der Waals surface area contributed by atoms with E-state index in [0.717, 1.165) is 13.1 Å². The van der Waals surface area contributed by atoms with Crippen molar-refractivity contribution in [3.8, 4) is 0 Å². The molecule has 0 radical (unpaired) electrons. The minimum atomic E-state index is 0.415. The first-order valence-corrected chi connectivity index (χ1v) is 7.17. The molecule has 0 saturated heterocycles. The Balaban J connectivity index is 2.44. The average molecular weight is 239 g/mol. The van der Waals surface area contributed by atoms with Crippen molar-refractivity contribution in [2.24, 2.45) is 5.41 Å². The van der Waals surface area contributed by atoms with Crippen molar-refractivity contribution < 1.29 is 0 Å². The van der Waals surface area contributed by atoms with Crippen LogP contribution in [0.15, 0.2) is 12.1 Å². The molecule has 0 unspecified atom stereocenters. The van der Waals surface area contributed by atoms with Crippen LogP contribution in [0.4, 0.5) is 0 Å². The van der Waals surface area contributed by atoms with Crippen LogP contribution < -0.4 is 5.32 Å². The van der Waals surface area contributed by atoms with E-state index in [1.807, 2.05) is 11.3 Å². The van der Waals surface area contributed by atoms with Gasteiger partial charge in [0, 0.05) is 9.75 Å². The summed E-state index contributed by atoms with van der Waals surface area (Å²) in [5.41, 5.74) is 0.415. The van der Waals surface area contributed by atoms with Gasteiger partial charge in [-0.3, -0.25) is 0 Å². The summed E-state index contributed by atoms with van der Waals surface area (Å²) in [6.07, 6.45) is 3.63. The monoisotopic (exact) mass is 239 g/mol. The Morgan fingerprint density at radius 1 is 1.19 bits per heavy atom. The van der Waals surface area contributed by atoms with Crippen molar-refractivity contribution in [2.45, 2.75) is 47.0 Å². The third-order valence-corrected chi connectivity index (χ3v) is 4.18. The Kier molecular flexibility index (Phi) is 5.50. The van der Waals surface area contributed by atoms with E-state index in [9.17, 15) is 0 Å². The maximum Gasteiger partial charge on any atom is 0.00534 e. The molecule has 92 valence electrons. The Labute approximate surface area is 104 Å². The number of hydrogen-bond acceptors (Lipinski definition) is 2. The van der Waals surface area contributed by atoms with Gasteiger partial charge in [0.05, 0.1) is 0 Å². The number of rotatable bonds is 7. The molecular formula is C14H25NS. The first-order valence-electron chi connectivity index (χ1n) is 6.35. The highest BCUT2D eigenvalue weighted by Gasteiger charge is 2.18. The lowest BCUT2D eigenvalue weighted by atomic mass is 9.85. The van der Waals surface area contributed by atoms with Gasteiger partial charge >= 0.3 is 0 Å². The van der Waals surface area contributed by atoms with Gasteiger partial charge in [0.2, 0.25) is 0 Å². The van der Waals surface area contributed by atoms with Gasteiger partial charge in [-0.2, -0.15) is 0 Å². The maximum atomic E-state index is 3.41. The molecule has 16 heavy (non-hydrogen) atoms. The molecule has 1 rings (SSSR count). The van der Waals surface area contributed by atoms with Crippen LogP contribution in [0.5, 0.6) is 0 Å². The van der Waals surface area contributed by atoms with Crippen LogP contribution in [0, 0.1) is 5.41 Å². The summed E-state index contributed by atoms with van der Waals surface area (Å²) >= 11 is 1.98. The molecule has 0 saturated carbocycles. The maximum absolute atomic E-state index is 3.41. The van der Waals surface area contributed by atoms with Gasteiger partial charge in [-0.15, -0.1) is 11.3 Å². The fourth-order valence-corrected chi connectivity index (χ4v) is 3.09. The summed E-state index contributed by atoms with van der Waals surface area (Å²) < 4.78 is 0. The van der Waals surface area contributed by atoms with Gasteiger partial charge in [0.1, 0.15) is 0 Å². The van der Waals surface area contributed by atoms with Crippen molar-refractivity contribution in [1.29, 1.82) is 0 Å². The van der Waals surface area contributed by atoms with Crippen LogP contribution in [0.3, 0.4) is 0 Å². The SMILES string of the molecule is CCNCCC(C)(C)Cc1ccc(CC)s1. The minimum absolute atomic E-state index is 0.415. The van der Waals surface area contributed by atoms with Crippen LogP contribution in [0.2, 0.25) is 0 Å². The van der Waals surface area contributed by atoms with E-state index in [0.29, 0.717) is 5.41 Å². The molecule has 1 aromatic rings. The molecule has 0 aliphatic rings. The first kappa shape index (κ1) is 13.7. The molecule has 0 amide bonds. The van der Waals surface area contributed by atoms with E-state index in [-0.39, 0.29) is 0 Å². The van der Waals surface area contributed by atoms with E-state index in [1.54, 1.807) is 4.88 Å². The molecular weight excluding hydrogens is 214 g/mol. The fraction of sp³-hybridized carbons (Fsp3) is 0.714. The van der Waals surface area contributed by atoms with Crippen LogP contribution in [-0.2, 0) is 12.8 Å². The van der Waals surface area contributed by atoms with Crippen molar-refractivity contribution in [1.82, 2.24) is 5.32 Å². The van der Waals surface area contributed by atoms with Gasteiger partial charge in [-0.1, -0.05) is 27.7 Å². The molecule has 0 aliphatic heterocycles. The van der Waals surface area contributed by atoms with Gasteiger partial charge < -0.3 is 5.32 Å². The summed E-state index contributed by atoms with van der Waals surface area (Å²) in [5, 5.41) is 3.41. The molecule has 1 heterocycles. The summed E-state index contributed by atoms with van der Waals surface area (Å²) in [4.78, 5) is 3.05. The third-order valence-electron chi connectivity index (χ3n) is 2.95. The Bertz CT molecular complexity index is 301. The molecule has 0 spiro atoms. The molecule has 0 atom stereocenters. The second-order valence-electron chi connectivity index (χ2n) is 5.17. The first-order chi connectivity index (χ1) is 7.57. The Morgan fingerprint density at radius 2 is 1.88 bits per heavy atom. The number of thiophene rings is 1. The van der Waals surface area contributed by atoms with Crippen molar-refractivity contribution >= 4 is 11.3 Å². The van der Waals surface area contributed by atoms with E-state index in [2.05, 4.69) is 45.1 Å². The lowest BCUT2D eigenvalue weighted by molar-refractivity contribution is 0.329. The minimum Gasteiger partial charge on any atom is -0.317 e. The van der Waals surface area contributed by atoms with E-state index < -0.39 is 0 Å². The summed E-state index contributed by atoms with van der Waals surface area (Å²) in [7, 11) is 0. The van der Waals surface area contributed by atoms with Crippen LogP contribution >= 0.6 is 11.3 Å². The predicted molar refractivity (Wildman–Crippen MR) is 74.3 cm³/mol. The van der Waals surface area contributed by atoms with E-state index in [4.69, 9.17) is 0 Å². The molecule has 0 aliphatic carbocycles. The van der Waals surface area contributed by atoms with Crippen LogP contribution in [0.25, 0.3) is 0 Å². The molecule has 0 aromatic carbocycles. The normalized spacial score (nSPS) is 12.0. The largest absolute Gasteiger partial charge is 0.317 e. The Hall–Kier alpha value is -0.340. The van der Waals surface area contributed by atoms with Crippen LogP contribution in [0.1, 0.15) is 43.9 Å². The highest BCUT2D eigenvalue weighted by atomic mass is 32.1. The topological polar surface area (TPSA) is 12.0 Å². The molecule has 1 nitrogen and oxygen atoms in total. The molecule has 1 aromatic heterocycles. The highest BCUT2D eigenvalue weighted by molar-refractivity contribution is 7.11. The van der Waals surface area contributed by atoms with Gasteiger partial charge in [0.15, 0.2) is 0 Å². The van der Waals surface area contributed by atoms with E-state index >= 15 is 0 Å². The fourth-order valence-electron chi connectivity index (χ4n) is 1.87. The van der Waals surface area contributed by atoms with Crippen LogP contribution in [-0.4, -0.2) is 13.1 Å². The lowest BCUT2D eigenvalue weighted by Gasteiger charge is -2.24. The summed E-state index contributed by atoms with van der Waals surface area (Å²) in [6, 6.07) is 4.58. The smallest absolute Gasteiger partial charge is 0.00534 e.